The molecule has 2 heterocycles. The summed E-state index contributed by atoms with van der Waals surface area (Å²) in [5.41, 5.74) is 4.02. The smallest absolute Gasteiger partial charge is 0.145 e. The van der Waals surface area contributed by atoms with E-state index in [1.54, 1.807) is 0 Å². The summed E-state index contributed by atoms with van der Waals surface area (Å²) in [7, 11) is 0. The van der Waals surface area contributed by atoms with Gasteiger partial charge in [0.25, 0.3) is 0 Å². The third kappa shape index (κ3) is 2.67. The van der Waals surface area contributed by atoms with E-state index < -0.39 is 0 Å². The van der Waals surface area contributed by atoms with E-state index in [1.807, 2.05) is 0 Å². The van der Waals surface area contributed by atoms with Crippen molar-refractivity contribution < 1.29 is 0 Å². The minimum absolute atomic E-state index is 0.268. The molecule has 0 saturated carbocycles. The second-order valence-corrected chi connectivity index (χ2v) is 7.09. The summed E-state index contributed by atoms with van der Waals surface area (Å²) in [5.74, 6) is 0. The Morgan fingerprint density at radius 3 is 2.57 bits per heavy atom. The SMILES string of the molecule is CCCc1nc2c3ccccc3ccn2c1CC(C)(C)C. The van der Waals surface area contributed by atoms with Crippen LogP contribution in [0.1, 0.15) is 45.5 Å². The molecule has 3 rings (SSSR count). The molecule has 0 fully saturated rings. The van der Waals surface area contributed by atoms with Crippen molar-refractivity contribution in [3.05, 3.63) is 47.9 Å². The number of nitrogens with zero attached hydrogens (tertiary/aromatic N) is 2. The molecule has 21 heavy (non-hydrogen) atoms. The summed E-state index contributed by atoms with van der Waals surface area (Å²) in [5, 5.41) is 2.51. The number of hydrogen-bond acceptors (Lipinski definition) is 1. The predicted molar refractivity (Wildman–Crippen MR) is 89.9 cm³/mol. The third-order valence-corrected chi connectivity index (χ3v) is 3.88. The van der Waals surface area contributed by atoms with Crippen molar-refractivity contribution in [2.24, 2.45) is 5.41 Å². The third-order valence-electron chi connectivity index (χ3n) is 3.88. The Hall–Kier alpha value is -1.83. The van der Waals surface area contributed by atoms with Gasteiger partial charge >= 0.3 is 0 Å². The van der Waals surface area contributed by atoms with E-state index in [2.05, 4.69) is 68.6 Å². The van der Waals surface area contributed by atoms with Gasteiger partial charge in [-0.3, -0.25) is 0 Å². The fourth-order valence-electron chi connectivity index (χ4n) is 2.99. The van der Waals surface area contributed by atoms with Crippen molar-refractivity contribution >= 4 is 16.4 Å². The normalized spacial score (nSPS) is 12.4. The first-order valence-electron chi connectivity index (χ1n) is 7.87. The van der Waals surface area contributed by atoms with E-state index in [0.29, 0.717) is 0 Å². The number of hydrogen-bond donors (Lipinski definition) is 0. The van der Waals surface area contributed by atoms with Crippen molar-refractivity contribution in [2.75, 3.05) is 0 Å². The fourth-order valence-corrected chi connectivity index (χ4v) is 2.99. The van der Waals surface area contributed by atoms with Gasteiger partial charge in [0.2, 0.25) is 0 Å². The minimum Gasteiger partial charge on any atom is -0.303 e. The van der Waals surface area contributed by atoms with Crippen LogP contribution >= 0.6 is 0 Å². The number of pyridine rings is 1. The largest absolute Gasteiger partial charge is 0.303 e. The van der Waals surface area contributed by atoms with Gasteiger partial charge in [-0.1, -0.05) is 58.4 Å². The first-order chi connectivity index (χ1) is 9.99. The molecule has 2 heteroatoms. The van der Waals surface area contributed by atoms with Crippen LogP contribution in [0.3, 0.4) is 0 Å². The summed E-state index contributed by atoms with van der Waals surface area (Å²) in [6.45, 7) is 9.11. The van der Waals surface area contributed by atoms with Gasteiger partial charge in [-0.15, -0.1) is 0 Å². The quantitative estimate of drug-likeness (QED) is 0.658. The van der Waals surface area contributed by atoms with Gasteiger partial charge in [-0.05, 0) is 29.7 Å². The molecule has 2 aromatic heterocycles. The molecule has 3 aromatic rings. The number of imidazole rings is 1. The summed E-state index contributed by atoms with van der Waals surface area (Å²) >= 11 is 0. The first kappa shape index (κ1) is 14.1. The Balaban J connectivity index is 2.28. The predicted octanol–water partition coefficient (Wildman–Crippen LogP) is 5.03. The molecule has 0 radical (unpaired) electrons. The van der Waals surface area contributed by atoms with Gasteiger partial charge in [0.1, 0.15) is 5.65 Å². The zero-order chi connectivity index (χ0) is 15.0. The molecular formula is C19H24N2. The summed E-state index contributed by atoms with van der Waals surface area (Å²) in [4.78, 5) is 4.98. The lowest BCUT2D eigenvalue weighted by atomic mass is 9.89. The molecular weight excluding hydrogens is 256 g/mol. The van der Waals surface area contributed by atoms with Crippen LogP contribution in [0.2, 0.25) is 0 Å². The van der Waals surface area contributed by atoms with Crippen LogP contribution < -0.4 is 0 Å². The Bertz CT molecular complexity index is 775. The molecule has 0 amide bonds. The standard InChI is InChI=1S/C19H24N2/c1-5-8-16-17(13-19(2,3)4)21-12-11-14-9-6-7-10-15(14)18(21)20-16/h6-7,9-12H,5,8,13H2,1-4H3. The average molecular weight is 280 g/mol. The number of rotatable bonds is 3. The molecule has 0 atom stereocenters. The van der Waals surface area contributed by atoms with Crippen LogP contribution in [0.15, 0.2) is 36.5 Å². The van der Waals surface area contributed by atoms with Crippen molar-refractivity contribution in [1.29, 1.82) is 0 Å². The van der Waals surface area contributed by atoms with Crippen molar-refractivity contribution in [3.63, 3.8) is 0 Å². The maximum atomic E-state index is 4.98. The van der Waals surface area contributed by atoms with E-state index >= 15 is 0 Å². The van der Waals surface area contributed by atoms with Crippen LogP contribution in [0.25, 0.3) is 16.4 Å². The Kier molecular flexibility index (Phi) is 3.48. The number of benzene rings is 1. The zero-order valence-electron chi connectivity index (χ0n) is 13.5. The summed E-state index contributed by atoms with van der Waals surface area (Å²) < 4.78 is 2.30. The molecule has 0 aliphatic heterocycles. The molecule has 0 unspecified atom stereocenters. The highest BCUT2D eigenvalue weighted by atomic mass is 15.0. The van der Waals surface area contributed by atoms with Gasteiger partial charge in [-0.2, -0.15) is 0 Å². The highest BCUT2D eigenvalue weighted by Gasteiger charge is 2.19. The van der Waals surface area contributed by atoms with Crippen LogP contribution in [-0.2, 0) is 12.8 Å². The van der Waals surface area contributed by atoms with Crippen molar-refractivity contribution in [1.82, 2.24) is 9.38 Å². The topological polar surface area (TPSA) is 17.3 Å². The van der Waals surface area contributed by atoms with E-state index in [1.165, 1.54) is 22.2 Å². The lowest BCUT2D eigenvalue weighted by Crippen LogP contribution is -2.12. The number of aryl methyl sites for hydroxylation is 1. The summed E-state index contributed by atoms with van der Waals surface area (Å²) in [6, 6.07) is 10.7. The lowest BCUT2D eigenvalue weighted by molar-refractivity contribution is 0.403. The number of fused-ring (bicyclic) bond motifs is 3. The Morgan fingerprint density at radius 1 is 1.10 bits per heavy atom. The van der Waals surface area contributed by atoms with Crippen molar-refractivity contribution in [2.45, 2.75) is 47.0 Å². The van der Waals surface area contributed by atoms with Crippen LogP contribution in [0.5, 0.6) is 0 Å². The maximum Gasteiger partial charge on any atom is 0.145 e. The second-order valence-electron chi connectivity index (χ2n) is 7.09. The molecule has 0 aliphatic rings. The van der Waals surface area contributed by atoms with Crippen LogP contribution in [0.4, 0.5) is 0 Å². The molecule has 110 valence electrons. The van der Waals surface area contributed by atoms with Crippen molar-refractivity contribution in [3.8, 4) is 0 Å². The number of aromatic nitrogens is 2. The van der Waals surface area contributed by atoms with E-state index in [4.69, 9.17) is 4.98 Å². The Labute approximate surface area is 126 Å². The zero-order valence-corrected chi connectivity index (χ0v) is 13.5. The van der Waals surface area contributed by atoms with Gasteiger partial charge in [0.15, 0.2) is 0 Å². The highest BCUT2D eigenvalue weighted by molar-refractivity contribution is 5.94. The molecule has 0 spiro atoms. The molecule has 0 aliphatic carbocycles. The van der Waals surface area contributed by atoms with Gasteiger partial charge in [0, 0.05) is 17.3 Å². The van der Waals surface area contributed by atoms with Crippen LogP contribution in [-0.4, -0.2) is 9.38 Å². The van der Waals surface area contributed by atoms with E-state index in [9.17, 15) is 0 Å². The first-order valence-corrected chi connectivity index (χ1v) is 7.87. The highest BCUT2D eigenvalue weighted by Crippen LogP contribution is 2.28. The van der Waals surface area contributed by atoms with E-state index in [0.717, 1.165) is 24.9 Å². The fraction of sp³-hybridized carbons (Fsp3) is 0.421. The minimum atomic E-state index is 0.268. The average Bonchev–Trinajstić information content (AvgIpc) is 2.76. The van der Waals surface area contributed by atoms with Gasteiger partial charge in [-0.25, -0.2) is 4.98 Å². The molecule has 0 N–H and O–H groups in total. The van der Waals surface area contributed by atoms with Gasteiger partial charge in [0.05, 0.1) is 5.69 Å². The molecule has 2 nitrogen and oxygen atoms in total. The maximum absolute atomic E-state index is 4.98. The Morgan fingerprint density at radius 2 is 1.86 bits per heavy atom. The molecule has 1 aromatic carbocycles. The van der Waals surface area contributed by atoms with Crippen LogP contribution in [0, 0.1) is 5.41 Å². The lowest BCUT2D eigenvalue weighted by Gasteiger charge is -2.18. The monoisotopic (exact) mass is 280 g/mol. The molecule has 0 bridgehead atoms. The summed E-state index contributed by atoms with van der Waals surface area (Å²) in [6.07, 6.45) is 5.44. The van der Waals surface area contributed by atoms with E-state index in [-0.39, 0.29) is 5.41 Å². The molecule has 0 saturated heterocycles. The van der Waals surface area contributed by atoms with Gasteiger partial charge < -0.3 is 4.40 Å². The second kappa shape index (κ2) is 5.18.